The van der Waals surface area contributed by atoms with Gasteiger partial charge in [-0.15, -0.1) is 0 Å². The Hall–Kier alpha value is -2.12. The van der Waals surface area contributed by atoms with Crippen molar-refractivity contribution in [3.63, 3.8) is 0 Å². The second-order valence-electron chi connectivity index (χ2n) is 11.0. The Morgan fingerprint density at radius 2 is 1.76 bits per heavy atom. The van der Waals surface area contributed by atoms with Gasteiger partial charge < -0.3 is 20.2 Å². The molecule has 1 aromatic carbocycles. The summed E-state index contributed by atoms with van der Waals surface area (Å²) in [6, 6.07) is 10.7. The van der Waals surface area contributed by atoms with Gasteiger partial charge in [-0.2, -0.15) is 0 Å². The minimum Gasteiger partial charge on any atom is -0.395 e. The number of urea groups is 1. The number of aliphatic hydroxyl groups is 1. The molecule has 2 saturated carbocycles. The zero-order valence-corrected chi connectivity index (χ0v) is 20.5. The van der Waals surface area contributed by atoms with Crippen molar-refractivity contribution in [3.05, 3.63) is 35.9 Å². The summed E-state index contributed by atoms with van der Waals surface area (Å²) in [4.78, 5) is 32.2. The second kappa shape index (κ2) is 9.26. The van der Waals surface area contributed by atoms with Gasteiger partial charge in [0, 0.05) is 25.2 Å². The average Bonchev–Trinajstić information content (AvgIpc) is 3.03. The zero-order chi connectivity index (χ0) is 23.7. The van der Waals surface area contributed by atoms with Crippen molar-refractivity contribution in [2.24, 2.45) is 5.41 Å². The second-order valence-corrected chi connectivity index (χ2v) is 11.0. The lowest BCUT2D eigenvalue weighted by Crippen LogP contribution is -2.57. The Morgan fingerprint density at radius 1 is 1.09 bits per heavy atom. The highest BCUT2D eigenvalue weighted by atomic mass is 16.3. The molecule has 33 heavy (non-hydrogen) atoms. The number of hydrogen-bond donors (Lipinski definition) is 2. The fourth-order valence-corrected chi connectivity index (χ4v) is 6.28. The van der Waals surface area contributed by atoms with Crippen LogP contribution in [-0.2, 0) is 10.3 Å². The smallest absolute Gasteiger partial charge is 0.321 e. The predicted molar refractivity (Wildman–Crippen MR) is 129 cm³/mol. The number of benzene rings is 1. The summed E-state index contributed by atoms with van der Waals surface area (Å²) >= 11 is 0. The van der Waals surface area contributed by atoms with Gasteiger partial charge in [-0.25, -0.2) is 4.79 Å². The fourth-order valence-electron chi connectivity index (χ4n) is 6.28. The lowest BCUT2D eigenvalue weighted by atomic mass is 9.66. The van der Waals surface area contributed by atoms with Gasteiger partial charge in [0.15, 0.2) is 0 Å². The molecule has 4 rings (SSSR count). The fraction of sp³-hybridized carbons (Fsp3) is 0.692. The Kier molecular flexibility index (Phi) is 6.74. The first-order valence-corrected chi connectivity index (χ1v) is 12.4. The molecule has 1 saturated heterocycles. The van der Waals surface area contributed by atoms with Crippen LogP contribution in [0.4, 0.5) is 4.79 Å². The van der Waals surface area contributed by atoms with E-state index in [1.54, 1.807) is 4.90 Å². The maximum atomic E-state index is 13.6. The van der Waals surface area contributed by atoms with Crippen molar-refractivity contribution >= 4 is 11.9 Å². The Labute approximate surface area is 198 Å². The molecule has 3 aliphatic rings. The summed E-state index contributed by atoms with van der Waals surface area (Å²) in [6.45, 7) is 3.86. The minimum absolute atomic E-state index is 0.000613. The predicted octanol–water partition coefficient (Wildman–Crippen LogP) is 2.79. The van der Waals surface area contributed by atoms with E-state index in [-0.39, 0.29) is 48.1 Å². The molecule has 0 radical (unpaired) electrons. The summed E-state index contributed by atoms with van der Waals surface area (Å²) in [5.74, 6) is -0.202. The summed E-state index contributed by atoms with van der Waals surface area (Å²) in [5, 5.41) is 11.7. The molecule has 0 atom stereocenters. The number of aliphatic hydroxyl groups excluding tert-OH is 1. The topological polar surface area (TPSA) is 76.1 Å². The van der Waals surface area contributed by atoms with Crippen LogP contribution in [0.1, 0.15) is 57.4 Å². The number of amides is 3. The summed E-state index contributed by atoms with van der Waals surface area (Å²) in [6.07, 6.45) is 7.37. The third-order valence-electron chi connectivity index (χ3n) is 8.60. The van der Waals surface area contributed by atoms with E-state index in [2.05, 4.69) is 66.5 Å². The van der Waals surface area contributed by atoms with Crippen molar-refractivity contribution in [2.75, 3.05) is 46.9 Å². The van der Waals surface area contributed by atoms with E-state index in [1.165, 1.54) is 12.0 Å². The van der Waals surface area contributed by atoms with Crippen LogP contribution in [0.5, 0.6) is 0 Å². The first-order valence-electron chi connectivity index (χ1n) is 12.4. The molecule has 0 aromatic heterocycles. The van der Waals surface area contributed by atoms with Gasteiger partial charge in [-0.3, -0.25) is 9.69 Å². The number of carbonyl (C=O) groups excluding carboxylic acids is 2. The molecule has 7 nitrogen and oxygen atoms in total. The van der Waals surface area contributed by atoms with E-state index in [0.29, 0.717) is 6.54 Å². The molecule has 1 aromatic rings. The average molecular weight is 457 g/mol. The lowest BCUT2D eigenvalue weighted by molar-refractivity contribution is -0.121. The Balaban J connectivity index is 1.57. The normalized spacial score (nSPS) is 28.9. The molecule has 1 aliphatic heterocycles. The maximum Gasteiger partial charge on any atom is 0.321 e. The summed E-state index contributed by atoms with van der Waals surface area (Å²) in [7, 11) is 4.32. The van der Waals surface area contributed by atoms with Crippen molar-refractivity contribution in [2.45, 2.75) is 62.9 Å². The van der Waals surface area contributed by atoms with Crippen molar-refractivity contribution < 1.29 is 14.7 Å². The summed E-state index contributed by atoms with van der Waals surface area (Å²) < 4.78 is 0. The Morgan fingerprint density at radius 3 is 2.30 bits per heavy atom. The van der Waals surface area contributed by atoms with E-state index in [1.807, 2.05) is 0 Å². The van der Waals surface area contributed by atoms with E-state index < -0.39 is 0 Å². The molecule has 0 bridgehead atoms. The molecule has 0 unspecified atom stereocenters. The van der Waals surface area contributed by atoms with Crippen LogP contribution < -0.4 is 5.32 Å². The van der Waals surface area contributed by atoms with Gasteiger partial charge in [0.1, 0.15) is 6.54 Å². The van der Waals surface area contributed by atoms with Gasteiger partial charge in [0.25, 0.3) is 0 Å². The largest absolute Gasteiger partial charge is 0.395 e. The minimum atomic E-state index is -0.221. The van der Waals surface area contributed by atoms with Crippen molar-refractivity contribution in [1.82, 2.24) is 20.0 Å². The molecule has 2 aliphatic carbocycles. The first kappa shape index (κ1) is 24.0. The van der Waals surface area contributed by atoms with Crippen LogP contribution in [0.25, 0.3) is 0 Å². The van der Waals surface area contributed by atoms with Crippen LogP contribution in [-0.4, -0.2) is 84.2 Å². The van der Waals surface area contributed by atoms with E-state index in [9.17, 15) is 9.59 Å². The van der Waals surface area contributed by atoms with E-state index in [4.69, 9.17) is 5.11 Å². The van der Waals surface area contributed by atoms with Crippen LogP contribution in [0.2, 0.25) is 0 Å². The number of carbonyl (C=O) groups is 2. The van der Waals surface area contributed by atoms with Crippen molar-refractivity contribution in [3.8, 4) is 0 Å². The summed E-state index contributed by atoms with van der Waals surface area (Å²) in [5.41, 5.74) is 1.27. The molecule has 7 heteroatoms. The number of rotatable bonds is 8. The number of hydrogen-bond acceptors (Lipinski definition) is 4. The number of nitrogens with one attached hydrogen (secondary N) is 1. The molecule has 1 heterocycles. The number of nitrogens with zero attached hydrogens (tertiary/aromatic N) is 3. The SMILES string of the molecule is CN(C)[C@]1(c2ccccc2)CC[C@]2(CC1)CN(CC(=O)NCCO)C(=O)N2CC1(C)CCC1. The molecule has 2 N–H and O–H groups in total. The highest BCUT2D eigenvalue weighted by molar-refractivity contribution is 5.86. The van der Waals surface area contributed by atoms with Gasteiger partial charge in [-0.05, 0) is 63.6 Å². The molecular formula is C26H40N4O3. The maximum absolute atomic E-state index is 13.6. The quantitative estimate of drug-likeness (QED) is 0.631. The molecule has 3 amide bonds. The third-order valence-corrected chi connectivity index (χ3v) is 8.60. The van der Waals surface area contributed by atoms with Gasteiger partial charge in [-0.1, -0.05) is 43.7 Å². The van der Waals surface area contributed by atoms with E-state index in [0.717, 1.165) is 45.1 Å². The van der Waals surface area contributed by atoms with Crippen LogP contribution >= 0.6 is 0 Å². The van der Waals surface area contributed by atoms with Gasteiger partial charge in [0.05, 0.1) is 12.1 Å². The molecular weight excluding hydrogens is 416 g/mol. The van der Waals surface area contributed by atoms with Crippen LogP contribution in [0.3, 0.4) is 0 Å². The third kappa shape index (κ3) is 4.50. The van der Waals surface area contributed by atoms with Gasteiger partial charge >= 0.3 is 6.03 Å². The van der Waals surface area contributed by atoms with Crippen LogP contribution in [0, 0.1) is 5.41 Å². The standard InChI is InChI=1S/C26H40N4O3/c1-24(10-7-11-24)19-30-23(33)29(18-22(32)27-16-17-31)20-25(30)12-14-26(15-13-25,28(2)3)21-8-5-4-6-9-21/h4-6,8-9,31H,7,10-20H2,1-3H3,(H,27,32)/t25-,26+. The van der Waals surface area contributed by atoms with E-state index >= 15 is 0 Å². The highest BCUT2D eigenvalue weighted by Crippen LogP contribution is 2.51. The molecule has 1 spiro atoms. The zero-order valence-electron chi connectivity index (χ0n) is 20.5. The van der Waals surface area contributed by atoms with Crippen LogP contribution in [0.15, 0.2) is 30.3 Å². The Bertz CT molecular complexity index is 844. The lowest BCUT2D eigenvalue weighted by Gasteiger charge is -2.53. The monoisotopic (exact) mass is 456 g/mol. The molecule has 3 fully saturated rings. The van der Waals surface area contributed by atoms with Crippen molar-refractivity contribution in [1.29, 1.82) is 0 Å². The first-order chi connectivity index (χ1) is 15.7. The highest BCUT2D eigenvalue weighted by Gasteiger charge is 2.56. The molecule has 182 valence electrons. The van der Waals surface area contributed by atoms with Gasteiger partial charge in [0.2, 0.25) is 5.91 Å².